The zero-order chi connectivity index (χ0) is 28.1. The van der Waals surface area contributed by atoms with E-state index in [2.05, 4.69) is 41.8 Å². The molecule has 0 bridgehead atoms. The molecule has 0 aliphatic heterocycles. The monoisotopic (exact) mass is 624 g/mol. The van der Waals surface area contributed by atoms with Crippen LogP contribution < -0.4 is 20.7 Å². The highest BCUT2D eigenvalue weighted by Crippen LogP contribution is 2.39. The molecule has 206 valence electrons. The molecule has 0 spiro atoms. The number of methoxy groups -OCH3 is 1. The van der Waals surface area contributed by atoms with Gasteiger partial charge in [-0.1, -0.05) is 22.0 Å². The third-order valence-electron chi connectivity index (χ3n) is 5.96. The number of thiophene rings is 1. The van der Waals surface area contributed by atoms with Gasteiger partial charge in [0.05, 0.1) is 33.6 Å². The van der Waals surface area contributed by atoms with Gasteiger partial charge in [0, 0.05) is 61.4 Å². The van der Waals surface area contributed by atoms with Crippen LogP contribution >= 0.6 is 27.3 Å². The molecule has 0 aliphatic rings. The average Bonchev–Trinajstić information content (AvgIpc) is 3.52. The predicted molar refractivity (Wildman–Crippen MR) is 159 cm³/mol. The van der Waals surface area contributed by atoms with Gasteiger partial charge >= 0.3 is 6.03 Å². The lowest BCUT2D eigenvalue weighted by Gasteiger charge is -2.11. The van der Waals surface area contributed by atoms with Crippen LogP contribution in [0, 0.1) is 5.82 Å². The largest absolute Gasteiger partial charge is 0.453 e. The van der Waals surface area contributed by atoms with E-state index in [1.54, 1.807) is 43.6 Å². The Hall–Kier alpha value is -3.84. The van der Waals surface area contributed by atoms with Crippen molar-refractivity contribution in [3.8, 4) is 22.2 Å². The summed E-state index contributed by atoms with van der Waals surface area (Å²) >= 11 is 4.83. The van der Waals surface area contributed by atoms with Crippen molar-refractivity contribution in [3.05, 3.63) is 83.0 Å². The Morgan fingerprint density at radius 1 is 1.07 bits per heavy atom. The lowest BCUT2D eigenvalue weighted by molar-refractivity contribution is 0.199. The number of nitrogens with one attached hydrogen (secondary N) is 3. The molecule has 5 rings (SSSR count). The van der Waals surface area contributed by atoms with E-state index in [1.165, 1.54) is 23.5 Å². The molecule has 2 amide bonds. The Bertz CT molecular complexity index is 1660. The second-order valence-corrected chi connectivity index (χ2v) is 10.7. The zero-order valence-electron chi connectivity index (χ0n) is 21.7. The topological polar surface area (TPSA) is 102 Å². The molecule has 0 saturated carbocycles. The molecule has 0 radical (unpaired) electrons. The lowest BCUT2D eigenvalue weighted by Crippen LogP contribution is -2.20. The number of aromatic nitrogens is 3. The van der Waals surface area contributed by atoms with Crippen LogP contribution in [0.4, 0.5) is 20.6 Å². The van der Waals surface area contributed by atoms with E-state index >= 15 is 0 Å². The molecule has 0 unspecified atom stereocenters. The molecule has 5 aromatic rings. The molecule has 0 saturated heterocycles. The third-order valence-corrected chi connectivity index (χ3v) is 7.59. The van der Waals surface area contributed by atoms with Crippen molar-refractivity contribution in [2.24, 2.45) is 7.05 Å². The Morgan fingerprint density at radius 2 is 1.90 bits per heavy atom. The van der Waals surface area contributed by atoms with E-state index in [0.29, 0.717) is 24.6 Å². The molecular formula is C28H26BrFN6O3S. The van der Waals surface area contributed by atoms with Gasteiger partial charge in [-0.05, 0) is 36.4 Å². The van der Waals surface area contributed by atoms with Gasteiger partial charge in [0.25, 0.3) is 0 Å². The van der Waals surface area contributed by atoms with Crippen LogP contribution in [0.1, 0.15) is 5.69 Å². The molecule has 40 heavy (non-hydrogen) atoms. The smallest absolute Gasteiger partial charge is 0.323 e. The summed E-state index contributed by atoms with van der Waals surface area (Å²) in [6.45, 7) is 2.05. The number of anilines is 2. The number of hydrogen-bond acceptors (Lipinski definition) is 7. The van der Waals surface area contributed by atoms with E-state index in [0.717, 1.165) is 37.6 Å². The Balaban J connectivity index is 1.30. The van der Waals surface area contributed by atoms with Crippen molar-refractivity contribution < 1.29 is 18.7 Å². The molecule has 0 aliphatic carbocycles. The molecule has 0 atom stereocenters. The summed E-state index contributed by atoms with van der Waals surface area (Å²) in [6.07, 6.45) is 3.46. The maximum Gasteiger partial charge on any atom is 0.323 e. The van der Waals surface area contributed by atoms with Crippen molar-refractivity contribution in [2.45, 2.75) is 6.54 Å². The Morgan fingerprint density at radius 3 is 2.67 bits per heavy atom. The van der Waals surface area contributed by atoms with Crippen LogP contribution in [0.3, 0.4) is 0 Å². The molecular weight excluding hydrogens is 599 g/mol. The maximum atomic E-state index is 15.0. The molecule has 3 aromatic heterocycles. The fourth-order valence-corrected chi connectivity index (χ4v) is 5.47. The van der Waals surface area contributed by atoms with Crippen molar-refractivity contribution in [3.63, 3.8) is 0 Å². The number of ether oxygens (including phenoxy) is 2. The van der Waals surface area contributed by atoms with E-state index in [4.69, 9.17) is 9.47 Å². The first-order chi connectivity index (χ1) is 19.4. The van der Waals surface area contributed by atoms with Crippen LogP contribution in [0.25, 0.3) is 20.9 Å². The standard InChI is InChI=1S/C28H26BrFN6O3S/c1-36-20(15-31-10-11-38-2)16-33-27(36)25-14-22-26(40-25)24(8-9-32-22)39-23-7-6-19(13-21(23)30)35-28(37)34-18-5-3-4-17(29)12-18/h3-9,12-14,16,31H,10-11,15H2,1-2H3,(H2,34,35,37). The maximum absolute atomic E-state index is 15.0. The highest BCUT2D eigenvalue weighted by Gasteiger charge is 2.16. The second kappa shape index (κ2) is 12.6. The Kier molecular flexibility index (Phi) is 8.70. The number of hydrogen-bond donors (Lipinski definition) is 3. The average molecular weight is 626 g/mol. The summed E-state index contributed by atoms with van der Waals surface area (Å²) in [6, 6.07) is 14.6. The van der Waals surface area contributed by atoms with Crippen molar-refractivity contribution in [1.82, 2.24) is 19.9 Å². The van der Waals surface area contributed by atoms with Gasteiger partial charge in [-0.25, -0.2) is 14.2 Å². The summed E-state index contributed by atoms with van der Waals surface area (Å²) in [4.78, 5) is 22.3. The van der Waals surface area contributed by atoms with E-state index in [-0.39, 0.29) is 11.4 Å². The molecule has 12 heteroatoms. The number of carbonyl (C=O) groups is 1. The minimum atomic E-state index is -0.614. The molecule has 3 N–H and O–H groups in total. The van der Waals surface area contributed by atoms with Crippen molar-refractivity contribution >= 4 is 54.9 Å². The number of pyridine rings is 1. The molecule has 9 nitrogen and oxygen atoms in total. The molecule has 2 aromatic carbocycles. The van der Waals surface area contributed by atoms with Gasteiger partial charge < -0.3 is 30.0 Å². The number of amides is 2. The highest BCUT2D eigenvalue weighted by atomic mass is 79.9. The van der Waals surface area contributed by atoms with Gasteiger partial charge in [-0.3, -0.25) is 4.98 Å². The molecule has 3 heterocycles. The number of benzene rings is 2. The summed E-state index contributed by atoms with van der Waals surface area (Å²) in [5.74, 6) is 0.697. The number of halogens is 2. The van der Waals surface area contributed by atoms with Gasteiger partial charge in [-0.15, -0.1) is 11.3 Å². The fraction of sp³-hybridized carbons (Fsp3) is 0.179. The lowest BCUT2D eigenvalue weighted by atomic mass is 10.3. The minimum absolute atomic E-state index is 0.0295. The summed E-state index contributed by atoms with van der Waals surface area (Å²) in [7, 11) is 3.64. The van der Waals surface area contributed by atoms with Gasteiger partial charge in [0.15, 0.2) is 11.6 Å². The number of carbonyl (C=O) groups excluding carboxylic acids is 1. The summed E-state index contributed by atoms with van der Waals surface area (Å²) in [5.41, 5.74) is 2.65. The van der Waals surface area contributed by atoms with E-state index in [1.807, 2.05) is 29.9 Å². The minimum Gasteiger partial charge on any atom is -0.453 e. The van der Waals surface area contributed by atoms with Gasteiger partial charge in [-0.2, -0.15) is 0 Å². The first kappa shape index (κ1) is 27.7. The number of fused-ring (bicyclic) bond motifs is 1. The number of rotatable bonds is 10. The van der Waals surface area contributed by atoms with Crippen LogP contribution in [-0.4, -0.2) is 40.8 Å². The first-order valence-corrected chi connectivity index (χ1v) is 13.9. The second-order valence-electron chi connectivity index (χ2n) is 8.77. The first-order valence-electron chi connectivity index (χ1n) is 12.3. The van der Waals surface area contributed by atoms with E-state index in [9.17, 15) is 9.18 Å². The predicted octanol–water partition coefficient (Wildman–Crippen LogP) is 6.77. The van der Waals surface area contributed by atoms with Crippen molar-refractivity contribution in [1.29, 1.82) is 0 Å². The SMILES string of the molecule is COCCNCc1cnc(-c2cc3nccc(Oc4ccc(NC(=O)Nc5cccc(Br)c5)cc4F)c3s2)n1C. The number of nitrogens with zero attached hydrogens (tertiary/aromatic N) is 3. The van der Waals surface area contributed by atoms with Crippen LogP contribution in [-0.2, 0) is 18.3 Å². The highest BCUT2D eigenvalue weighted by molar-refractivity contribution is 9.10. The molecule has 0 fully saturated rings. The van der Waals surface area contributed by atoms with Crippen molar-refractivity contribution in [2.75, 3.05) is 30.9 Å². The Labute approximate surface area is 242 Å². The quantitative estimate of drug-likeness (QED) is 0.148. The third kappa shape index (κ3) is 6.48. The van der Waals surface area contributed by atoms with Crippen LogP contribution in [0.15, 0.2) is 71.5 Å². The van der Waals surface area contributed by atoms with E-state index < -0.39 is 11.8 Å². The number of urea groups is 1. The normalized spacial score (nSPS) is 11.1. The zero-order valence-corrected chi connectivity index (χ0v) is 24.1. The number of imidazole rings is 1. The summed E-state index contributed by atoms with van der Waals surface area (Å²) < 4.78 is 29.7. The van der Waals surface area contributed by atoms with Crippen LogP contribution in [0.2, 0.25) is 0 Å². The van der Waals surface area contributed by atoms with Gasteiger partial charge in [0.1, 0.15) is 11.6 Å². The fourth-order valence-electron chi connectivity index (χ4n) is 3.97. The summed E-state index contributed by atoms with van der Waals surface area (Å²) in [5, 5.41) is 8.66. The van der Waals surface area contributed by atoms with Gasteiger partial charge in [0.2, 0.25) is 0 Å². The van der Waals surface area contributed by atoms with Crippen LogP contribution in [0.5, 0.6) is 11.5 Å².